The van der Waals surface area contributed by atoms with Crippen molar-refractivity contribution in [3.8, 4) is 16.2 Å². The number of nitrogens with two attached hydrogens (primary N) is 1. The number of hydrogen-bond donors (Lipinski definition) is 2. The Hall–Kier alpha value is -4.09. The van der Waals surface area contributed by atoms with Crippen LogP contribution >= 0.6 is 22.7 Å². The summed E-state index contributed by atoms with van der Waals surface area (Å²) in [5.41, 5.74) is 7.73. The van der Waals surface area contributed by atoms with Crippen molar-refractivity contribution in [3.63, 3.8) is 0 Å². The SMILES string of the molecule is Cc1ccc(C)c(OCc2ccc(C(=O)Nc3c(C(N)=O)sc4nc(C(F)F)cc(-c5ccc(C)s5)c34)o2)c1. The van der Waals surface area contributed by atoms with Crippen molar-refractivity contribution >= 4 is 50.4 Å². The third-order valence-corrected chi connectivity index (χ3v) is 8.10. The number of aromatic nitrogens is 1. The molecule has 5 rings (SSSR count). The topological polar surface area (TPSA) is 107 Å². The minimum atomic E-state index is -2.82. The molecule has 5 aromatic rings. The highest BCUT2D eigenvalue weighted by Crippen LogP contribution is 2.44. The van der Waals surface area contributed by atoms with Crippen molar-refractivity contribution in [3.05, 3.63) is 86.6 Å². The van der Waals surface area contributed by atoms with Crippen molar-refractivity contribution in [1.29, 1.82) is 0 Å². The average Bonchev–Trinajstić information content (AvgIpc) is 3.63. The lowest BCUT2D eigenvalue weighted by atomic mass is 10.1. The summed E-state index contributed by atoms with van der Waals surface area (Å²) in [6, 6.07) is 13.9. The summed E-state index contributed by atoms with van der Waals surface area (Å²) in [4.78, 5) is 31.4. The van der Waals surface area contributed by atoms with Crippen LogP contribution in [0.5, 0.6) is 5.75 Å². The van der Waals surface area contributed by atoms with Crippen molar-refractivity contribution in [2.75, 3.05) is 5.32 Å². The summed E-state index contributed by atoms with van der Waals surface area (Å²) in [6.45, 7) is 5.89. The van der Waals surface area contributed by atoms with Gasteiger partial charge in [-0.15, -0.1) is 22.7 Å². The van der Waals surface area contributed by atoms with Gasteiger partial charge in [-0.25, -0.2) is 13.8 Å². The van der Waals surface area contributed by atoms with Gasteiger partial charge < -0.3 is 20.2 Å². The van der Waals surface area contributed by atoms with E-state index in [0.29, 0.717) is 27.3 Å². The Bertz CT molecular complexity index is 1720. The van der Waals surface area contributed by atoms with Crippen molar-refractivity contribution in [2.24, 2.45) is 5.73 Å². The molecular weight excluding hydrogens is 544 g/mol. The number of nitrogens with zero attached hydrogens (tertiary/aromatic N) is 1. The number of nitrogens with one attached hydrogen (secondary N) is 1. The Morgan fingerprint density at radius 3 is 2.56 bits per heavy atom. The molecule has 2 amide bonds. The van der Waals surface area contributed by atoms with Crippen molar-refractivity contribution < 1.29 is 27.5 Å². The quantitative estimate of drug-likeness (QED) is 0.203. The first-order chi connectivity index (χ1) is 18.6. The first kappa shape index (κ1) is 26.5. The lowest BCUT2D eigenvalue weighted by Gasteiger charge is -2.09. The molecular formula is C28H23F2N3O4S2. The molecule has 7 nitrogen and oxygen atoms in total. The summed E-state index contributed by atoms with van der Waals surface area (Å²) in [6.07, 6.45) is -2.82. The zero-order chi connectivity index (χ0) is 27.8. The number of fused-ring (bicyclic) bond motifs is 1. The number of benzene rings is 1. The molecule has 200 valence electrons. The number of amides is 2. The molecule has 0 spiro atoms. The molecule has 0 aliphatic rings. The standard InChI is InChI=1S/C28H23F2N3O4S2/c1-13-4-5-14(2)20(10-13)36-12-16-7-8-19(37-16)27(35)33-23-22-17(21-9-6-15(3)38-21)11-18(25(29)30)32-28(22)39-24(23)26(31)34/h4-11,25H,12H2,1-3H3,(H2,31,34)(H,33,35). The van der Waals surface area contributed by atoms with E-state index in [-0.39, 0.29) is 27.8 Å². The van der Waals surface area contributed by atoms with Gasteiger partial charge in [0.25, 0.3) is 18.2 Å². The number of ether oxygens (including phenoxy) is 1. The minimum absolute atomic E-state index is 0.00294. The number of anilines is 1. The summed E-state index contributed by atoms with van der Waals surface area (Å²) < 4.78 is 38.9. The fourth-order valence-electron chi connectivity index (χ4n) is 4.06. The fraction of sp³-hybridized carbons (Fsp3) is 0.179. The van der Waals surface area contributed by atoms with Gasteiger partial charge in [0.2, 0.25) is 0 Å². The van der Waals surface area contributed by atoms with Crippen LogP contribution in [0.15, 0.2) is 52.9 Å². The van der Waals surface area contributed by atoms with Crippen LogP contribution in [0.25, 0.3) is 20.7 Å². The zero-order valence-electron chi connectivity index (χ0n) is 21.1. The van der Waals surface area contributed by atoms with Gasteiger partial charge in [-0.2, -0.15) is 0 Å². The Labute approximate surface area is 230 Å². The van der Waals surface area contributed by atoms with E-state index in [9.17, 15) is 18.4 Å². The van der Waals surface area contributed by atoms with Crippen LogP contribution in [0.2, 0.25) is 0 Å². The fourth-order valence-corrected chi connectivity index (χ4v) is 5.96. The largest absolute Gasteiger partial charge is 0.485 e. The molecule has 0 saturated heterocycles. The van der Waals surface area contributed by atoms with Gasteiger partial charge >= 0.3 is 0 Å². The van der Waals surface area contributed by atoms with Crippen LogP contribution in [0, 0.1) is 20.8 Å². The highest BCUT2D eigenvalue weighted by Gasteiger charge is 2.26. The molecule has 11 heteroatoms. The molecule has 0 radical (unpaired) electrons. The second kappa shape index (κ2) is 10.6. The Morgan fingerprint density at radius 1 is 1.08 bits per heavy atom. The first-order valence-corrected chi connectivity index (χ1v) is 13.5. The van der Waals surface area contributed by atoms with E-state index >= 15 is 0 Å². The number of aryl methyl sites for hydroxylation is 3. The van der Waals surface area contributed by atoms with Crippen LogP contribution < -0.4 is 15.8 Å². The lowest BCUT2D eigenvalue weighted by Crippen LogP contribution is -2.16. The third-order valence-electron chi connectivity index (χ3n) is 5.97. The molecule has 4 aromatic heterocycles. The van der Waals surface area contributed by atoms with Gasteiger partial charge in [-0.1, -0.05) is 12.1 Å². The van der Waals surface area contributed by atoms with Crippen LogP contribution in [-0.4, -0.2) is 16.8 Å². The number of rotatable bonds is 8. The number of carbonyl (C=O) groups excluding carboxylic acids is 2. The summed E-state index contributed by atoms with van der Waals surface area (Å²) >= 11 is 2.25. The average molecular weight is 568 g/mol. The molecule has 3 N–H and O–H groups in total. The number of primary amides is 1. The van der Waals surface area contributed by atoms with E-state index in [1.165, 1.54) is 23.5 Å². The molecule has 0 aliphatic heterocycles. The van der Waals surface area contributed by atoms with Crippen LogP contribution in [0.3, 0.4) is 0 Å². The monoisotopic (exact) mass is 567 g/mol. The molecule has 0 atom stereocenters. The molecule has 1 aromatic carbocycles. The number of alkyl halides is 2. The van der Waals surface area contributed by atoms with Gasteiger partial charge in [-0.05, 0) is 68.3 Å². The van der Waals surface area contributed by atoms with Crippen molar-refractivity contribution in [2.45, 2.75) is 33.8 Å². The van der Waals surface area contributed by atoms with Crippen LogP contribution in [0.1, 0.15) is 54.1 Å². The molecule has 0 bridgehead atoms. The van der Waals surface area contributed by atoms with E-state index in [1.807, 2.05) is 45.0 Å². The number of thiophene rings is 2. The molecule has 0 aliphatic carbocycles. The Balaban J connectivity index is 1.48. The van der Waals surface area contributed by atoms with Gasteiger partial charge in [-0.3, -0.25) is 9.59 Å². The van der Waals surface area contributed by atoms with E-state index in [2.05, 4.69) is 10.3 Å². The van der Waals surface area contributed by atoms with Crippen LogP contribution in [0.4, 0.5) is 14.5 Å². The third kappa shape index (κ3) is 5.41. The van der Waals surface area contributed by atoms with E-state index in [4.69, 9.17) is 14.9 Å². The lowest BCUT2D eigenvalue weighted by molar-refractivity contribution is 0.0992. The van der Waals surface area contributed by atoms with Gasteiger partial charge in [0, 0.05) is 20.7 Å². The Kier molecular flexibility index (Phi) is 7.19. The van der Waals surface area contributed by atoms with Crippen molar-refractivity contribution in [1.82, 2.24) is 4.98 Å². The molecule has 0 saturated carbocycles. The second-order valence-corrected chi connectivity index (χ2v) is 11.2. The Morgan fingerprint density at radius 2 is 1.87 bits per heavy atom. The molecule has 4 heterocycles. The number of hydrogen-bond acceptors (Lipinski definition) is 7. The normalized spacial score (nSPS) is 11.3. The second-order valence-electron chi connectivity index (χ2n) is 8.93. The smallest absolute Gasteiger partial charge is 0.291 e. The zero-order valence-corrected chi connectivity index (χ0v) is 22.8. The number of furan rings is 1. The highest BCUT2D eigenvalue weighted by molar-refractivity contribution is 7.21. The molecule has 0 fully saturated rings. The maximum Gasteiger partial charge on any atom is 0.291 e. The highest BCUT2D eigenvalue weighted by atomic mass is 32.1. The van der Waals surface area contributed by atoms with E-state index < -0.39 is 23.9 Å². The van der Waals surface area contributed by atoms with Gasteiger partial charge in [0.05, 0.1) is 5.69 Å². The van der Waals surface area contributed by atoms with Gasteiger partial charge in [0.15, 0.2) is 5.76 Å². The molecule has 39 heavy (non-hydrogen) atoms. The van der Waals surface area contributed by atoms with E-state index in [0.717, 1.165) is 27.3 Å². The van der Waals surface area contributed by atoms with Gasteiger partial charge in [0.1, 0.15) is 33.5 Å². The van der Waals surface area contributed by atoms with Crippen LogP contribution in [-0.2, 0) is 6.61 Å². The number of pyridine rings is 1. The minimum Gasteiger partial charge on any atom is -0.485 e. The van der Waals surface area contributed by atoms with E-state index in [1.54, 1.807) is 12.1 Å². The number of halogens is 2. The summed E-state index contributed by atoms with van der Waals surface area (Å²) in [5, 5.41) is 3.07. The number of carbonyl (C=O) groups is 2. The maximum absolute atomic E-state index is 13.7. The summed E-state index contributed by atoms with van der Waals surface area (Å²) in [7, 11) is 0. The summed E-state index contributed by atoms with van der Waals surface area (Å²) in [5.74, 6) is -0.344. The maximum atomic E-state index is 13.7. The first-order valence-electron chi connectivity index (χ1n) is 11.8. The predicted octanol–water partition coefficient (Wildman–Crippen LogP) is 7.41. The predicted molar refractivity (Wildman–Crippen MR) is 148 cm³/mol. The molecule has 0 unspecified atom stereocenters.